The number of halogens is 1. The second-order valence-electron chi connectivity index (χ2n) is 3.97. The smallest absolute Gasteiger partial charge is 0.230 e. The molecule has 0 aliphatic heterocycles. The van der Waals surface area contributed by atoms with Gasteiger partial charge in [0.15, 0.2) is 0 Å². The van der Waals surface area contributed by atoms with Gasteiger partial charge >= 0.3 is 0 Å². The Bertz CT molecular complexity index is 370. The monoisotopic (exact) mass is 271 g/mol. The van der Waals surface area contributed by atoms with Gasteiger partial charge in [0.05, 0.1) is 11.8 Å². The van der Waals surface area contributed by atoms with Gasteiger partial charge in [-0.05, 0) is 36.8 Å². The van der Waals surface area contributed by atoms with Crippen LogP contribution in [0, 0.1) is 5.82 Å². The van der Waals surface area contributed by atoms with Gasteiger partial charge in [0, 0.05) is 6.61 Å². The van der Waals surface area contributed by atoms with E-state index in [0.717, 1.165) is 11.3 Å². The molecule has 100 valence electrons. The molecular formula is C13H18FNO2S. The van der Waals surface area contributed by atoms with Crippen molar-refractivity contribution in [1.82, 2.24) is 5.32 Å². The van der Waals surface area contributed by atoms with Crippen LogP contribution in [0.1, 0.15) is 24.9 Å². The number of carbonyl (C=O) groups excluding carboxylic acids is 1. The fourth-order valence-electron chi connectivity index (χ4n) is 1.45. The number of nitrogens with one attached hydrogen (secondary N) is 1. The predicted octanol–water partition coefficient (Wildman–Crippen LogP) is 2.12. The van der Waals surface area contributed by atoms with E-state index in [1.807, 2.05) is 6.92 Å². The fourth-order valence-corrected chi connectivity index (χ4v) is 2.20. The van der Waals surface area contributed by atoms with Crippen LogP contribution in [-0.4, -0.2) is 29.1 Å². The summed E-state index contributed by atoms with van der Waals surface area (Å²) in [6.07, 6.45) is 0.700. The van der Waals surface area contributed by atoms with Crippen LogP contribution in [0.2, 0.25) is 0 Å². The van der Waals surface area contributed by atoms with Crippen molar-refractivity contribution in [3.8, 4) is 0 Å². The van der Waals surface area contributed by atoms with E-state index in [9.17, 15) is 9.18 Å². The molecule has 1 unspecified atom stereocenters. The molecule has 5 heteroatoms. The second kappa shape index (κ2) is 8.11. The number of hydrogen-bond donors (Lipinski definition) is 2. The van der Waals surface area contributed by atoms with Gasteiger partial charge in [0.25, 0.3) is 0 Å². The Morgan fingerprint density at radius 2 is 2.11 bits per heavy atom. The number of rotatable bonds is 7. The Kier molecular flexibility index (Phi) is 6.75. The molecule has 0 saturated heterocycles. The lowest BCUT2D eigenvalue weighted by molar-refractivity contribution is -0.119. The molecule has 3 nitrogen and oxygen atoms in total. The molecule has 2 N–H and O–H groups in total. The highest BCUT2D eigenvalue weighted by atomic mass is 32.2. The maximum Gasteiger partial charge on any atom is 0.230 e. The van der Waals surface area contributed by atoms with Crippen LogP contribution < -0.4 is 5.32 Å². The third-order valence-electron chi connectivity index (χ3n) is 2.43. The summed E-state index contributed by atoms with van der Waals surface area (Å²) >= 11 is 1.49. The van der Waals surface area contributed by atoms with Crippen LogP contribution in [0.25, 0.3) is 0 Å². The fraction of sp³-hybridized carbons (Fsp3) is 0.462. The zero-order valence-corrected chi connectivity index (χ0v) is 11.2. The number of benzene rings is 1. The quantitative estimate of drug-likeness (QED) is 0.747. The van der Waals surface area contributed by atoms with Crippen molar-refractivity contribution in [3.63, 3.8) is 0 Å². The first-order valence-electron chi connectivity index (χ1n) is 5.87. The van der Waals surface area contributed by atoms with Gasteiger partial charge in [-0.2, -0.15) is 11.8 Å². The Morgan fingerprint density at radius 3 is 2.72 bits per heavy atom. The molecule has 0 saturated carbocycles. The molecule has 0 aromatic heterocycles. The minimum atomic E-state index is -0.281. The summed E-state index contributed by atoms with van der Waals surface area (Å²) in [5, 5.41) is 11.5. The summed E-state index contributed by atoms with van der Waals surface area (Å²) in [5.41, 5.74) is 0.880. The molecule has 0 heterocycles. The van der Waals surface area contributed by atoms with E-state index in [4.69, 9.17) is 5.11 Å². The number of aliphatic hydroxyl groups excluding tert-OH is 1. The highest BCUT2D eigenvalue weighted by molar-refractivity contribution is 7.99. The third-order valence-corrected chi connectivity index (χ3v) is 3.47. The van der Waals surface area contributed by atoms with Gasteiger partial charge in [0.1, 0.15) is 5.82 Å². The van der Waals surface area contributed by atoms with Crippen molar-refractivity contribution in [1.29, 1.82) is 0 Å². The number of carbonyl (C=O) groups is 1. The number of aliphatic hydroxyl groups is 1. The summed E-state index contributed by atoms with van der Waals surface area (Å²) in [7, 11) is 0. The van der Waals surface area contributed by atoms with Crippen molar-refractivity contribution in [2.75, 3.05) is 18.1 Å². The van der Waals surface area contributed by atoms with Crippen LogP contribution in [0.15, 0.2) is 24.3 Å². The van der Waals surface area contributed by atoms with Crippen LogP contribution in [-0.2, 0) is 4.79 Å². The summed E-state index contributed by atoms with van der Waals surface area (Å²) in [5.74, 6) is 0.826. The Morgan fingerprint density at radius 1 is 1.44 bits per heavy atom. The molecule has 0 spiro atoms. The molecule has 1 aromatic carbocycles. The van der Waals surface area contributed by atoms with Gasteiger partial charge in [-0.15, -0.1) is 0 Å². The number of thioether (sulfide) groups is 1. The van der Waals surface area contributed by atoms with Crippen LogP contribution in [0.4, 0.5) is 4.39 Å². The largest absolute Gasteiger partial charge is 0.396 e. The first kappa shape index (κ1) is 15.0. The standard InChI is InChI=1S/C13H18FNO2S/c1-10(11-3-5-12(14)6-4-11)15-13(17)9-18-8-2-7-16/h3-6,10,16H,2,7-9H2,1H3,(H,15,17). The Balaban J connectivity index is 2.33. The molecular weight excluding hydrogens is 253 g/mol. The summed E-state index contributed by atoms with van der Waals surface area (Å²) in [4.78, 5) is 11.6. The van der Waals surface area contributed by atoms with Gasteiger partial charge < -0.3 is 10.4 Å². The number of amides is 1. The lowest BCUT2D eigenvalue weighted by Gasteiger charge is -2.14. The summed E-state index contributed by atoms with van der Waals surface area (Å²) in [6, 6.07) is 5.97. The molecule has 1 rings (SSSR count). The highest BCUT2D eigenvalue weighted by Crippen LogP contribution is 2.13. The summed E-state index contributed by atoms with van der Waals surface area (Å²) in [6.45, 7) is 2.02. The Hall–Kier alpha value is -1.07. The summed E-state index contributed by atoms with van der Waals surface area (Å²) < 4.78 is 12.7. The average molecular weight is 271 g/mol. The van der Waals surface area contributed by atoms with Crippen molar-refractivity contribution in [2.24, 2.45) is 0 Å². The van der Waals surface area contributed by atoms with E-state index >= 15 is 0 Å². The maximum atomic E-state index is 12.7. The van der Waals surface area contributed by atoms with Gasteiger partial charge in [-0.3, -0.25) is 4.79 Å². The molecule has 1 atom stereocenters. The van der Waals surface area contributed by atoms with Crippen molar-refractivity contribution >= 4 is 17.7 Å². The highest BCUT2D eigenvalue weighted by Gasteiger charge is 2.09. The van der Waals surface area contributed by atoms with E-state index in [2.05, 4.69) is 5.32 Å². The Labute approximate surface area is 111 Å². The van der Waals surface area contributed by atoms with E-state index in [1.54, 1.807) is 12.1 Å². The van der Waals surface area contributed by atoms with Crippen molar-refractivity contribution in [2.45, 2.75) is 19.4 Å². The van der Waals surface area contributed by atoms with Crippen LogP contribution in [0.5, 0.6) is 0 Å². The minimum absolute atomic E-state index is 0.0465. The molecule has 0 aliphatic rings. The van der Waals surface area contributed by atoms with E-state index in [0.29, 0.717) is 12.2 Å². The maximum absolute atomic E-state index is 12.7. The van der Waals surface area contributed by atoms with Gasteiger partial charge in [-0.1, -0.05) is 12.1 Å². The zero-order chi connectivity index (χ0) is 13.4. The van der Waals surface area contributed by atoms with Crippen molar-refractivity contribution < 1.29 is 14.3 Å². The normalized spacial score (nSPS) is 12.2. The first-order valence-corrected chi connectivity index (χ1v) is 7.02. The van der Waals surface area contributed by atoms with E-state index in [-0.39, 0.29) is 24.4 Å². The van der Waals surface area contributed by atoms with Crippen molar-refractivity contribution in [3.05, 3.63) is 35.6 Å². The zero-order valence-electron chi connectivity index (χ0n) is 10.4. The average Bonchev–Trinajstić information content (AvgIpc) is 2.35. The SMILES string of the molecule is CC(NC(=O)CSCCCO)c1ccc(F)cc1. The number of hydrogen-bond acceptors (Lipinski definition) is 3. The minimum Gasteiger partial charge on any atom is -0.396 e. The van der Waals surface area contributed by atoms with Gasteiger partial charge in [-0.25, -0.2) is 4.39 Å². The molecule has 0 fully saturated rings. The molecule has 18 heavy (non-hydrogen) atoms. The van der Waals surface area contributed by atoms with Gasteiger partial charge in [0.2, 0.25) is 5.91 Å². The molecule has 1 aromatic rings. The first-order chi connectivity index (χ1) is 8.63. The topological polar surface area (TPSA) is 49.3 Å². The lowest BCUT2D eigenvalue weighted by atomic mass is 10.1. The molecule has 0 aliphatic carbocycles. The second-order valence-corrected chi connectivity index (χ2v) is 5.08. The lowest BCUT2D eigenvalue weighted by Crippen LogP contribution is -2.28. The van der Waals surface area contributed by atoms with Crippen LogP contribution in [0.3, 0.4) is 0 Å². The molecule has 1 amide bonds. The van der Waals surface area contributed by atoms with Crippen LogP contribution >= 0.6 is 11.8 Å². The predicted molar refractivity (Wildman–Crippen MR) is 72.0 cm³/mol. The third kappa shape index (κ3) is 5.51. The molecule has 0 bridgehead atoms. The van der Waals surface area contributed by atoms with E-state index in [1.165, 1.54) is 23.9 Å². The molecule has 0 radical (unpaired) electrons. The van der Waals surface area contributed by atoms with E-state index < -0.39 is 0 Å².